The maximum absolute atomic E-state index is 13.4. The highest BCUT2D eigenvalue weighted by atomic mass is 16.3. The summed E-state index contributed by atoms with van der Waals surface area (Å²) < 4.78 is 0. The van der Waals surface area contributed by atoms with Crippen LogP contribution in [0.3, 0.4) is 0 Å². The number of aliphatic hydroxyl groups is 2. The molecule has 0 atom stereocenters. The second-order valence-electron chi connectivity index (χ2n) is 8.69. The number of aliphatic hydroxyl groups excluding tert-OH is 2. The van der Waals surface area contributed by atoms with Crippen LogP contribution in [-0.4, -0.2) is 96.0 Å². The van der Waals surface area contributed by atoms with Gasteiger partial charge in [-0.15, -0.1) is 0 Å². The van der Waals surface area contributed by atoms with Gasteiger partial charge in [0.25, 0.3) is 0 Å². The molecular formula is C28H32N4O8. The van der Waals surface area contributed by atoms with Gasteiger partial charge in [0.2, 0.25) is 11.6 Å². The molecule has 0 radical (unpaired) electrons. The van der Waals surface area contributed by atoms with Crippen LogP contribution in [0.25, 0.3) is 0 Å². The largest absolute Gasteiger partial charge is 0.507 e. The van der Waals surface area contributed by atoms with Gasteiger partial charge in [-0.25, -0.2) is 0 Å². The molecule has 4 rings (SSSR count). The first kappa shape index (κ1) is 30.2. The van der Waals surface area contributed by atoms with Gasteiger partial charge in [0.05, 0.1) is 35.5 Å². The molecule has 0 bridgehead atoms. The minimum atomic E-state index is -0.559. The Hall–Kier alpha value is -4.36. The smallest absolute Gasteiger partial charge is 0.200 e. The summed E-state index contributed by atoms with van der Waals surface area (Å²) in [6.07, 6.45) is 5.01. The fraction of sp³-hybridized carbons (Fsp3) is 0.286. The van der Waals surface area contributed by atoms with E-state index in [9.17, 15) is 29.4 Å². The molecule has 2 aliphatic carbocycles. The van der Waals surface area contributed by atoms with E-state index in [2.05, 4.69) is 21.3 Å². The fourth-order valence-corrected chi connectivity index (χ4v) is 4.08. The Labute approximate surface area is 230 Å². The van der Waals surface area contributed by atoms with Crippen LogP contribution in [0.15, 0.2) is 48.6 Å². The summed E-state index contributed by atoms with van der Waals surface area (Å²) in [7, 11) is 0. The predicted molar refractivity (Wildman–Crippen MR) is 148 cm³/mol. The van der Waals surface area contributed by atoms with Crippen LogP contribution in [-0.2, 0) is 9.59 Å². The molecule has 0 fully saturated rings. The van der Waals surface area contributed by atoms with Gasteiger partial charge in [0, 0.05) is 50.6 Å². The van der Waals surface area contributed by atoms with Crippen LogP contribution >= 0.6 is 0 Å². The lowest BCUT2D eigenvalue weighted by Gasteiger charge is -2.25. The molecule has 12 heteroatoms. The first-order chi connectivity index (χ1) is 19.3. The van der Waals surface area contributed by atoms with Crippen molar-refractivity contribution in [2.75, 3.05) is 63.1 Å². The molecule has 0 unspecified atom stereocenters. The maximum Gasteiger partial charge on any atom is 0.200 e. The van der Waals surface area contributed by atoms with Gasteiger partial charge in [-0.05, 0) is 48.6 Å². The SMILES string of the molecule is O=C1C=CC(=O)C=C1.O=C1c2c(O)ccc(O)c2C(=O)c2c(NCCNCCO)ccc(NCCNCCO)c21. The molecule has 8 N–H and O–H groups in total. The molecular weight excluding hydrogens is 520 g/mol. The van der Waals surface area contributed by atoms with E-state index in [1.54, 1.807) is 12.1 Å². The normalized spacial score (nSPS) is 13.4. The fourth-order valence-electron chi connectivity index (χ4n) is 4.08. The molecule has 0 aliphatic heterocycles. The first-order valence-electron chi connectivity index (χ1n) is 12.7. The lowest BCUT2D eigenvalue weighted by atomic mass is 9.81. The molecule has 0 saturated heterocycles. The summed E-state index contributed by atoms with van der Waals surface area (Å²) in [5.41, 5.74) is 0.678. The summed E-state index contributed by atoms with van der Waals surface area (Å²) in [4.78, 5) is 47.3. The van der Waals surface area contributed by atoms with E-state index < -0.39 is 11.6 Å². The zero-order valence-corrected chi connectivity index (χ0v) is 21.7. The minimum absolute atomic E-state index is 0.00939. The van der Waals surface area contributed by atoms with E-state index in [1.807, 2.05) is 0 Å². The van der Waals surface area contributed by atoms with E-state index in [0.717, 1.165) is 0 Å². The quantitative estimate of drug-likeness (QED) is 0.0859. The maximum atomic E-state index is 13.4. The molecule has 0 saturated carbocycles. The topological polar surface area (TPSA) is 197 Å². The Bertz CT molecular complexity index is 1220. The number of aromatic hydroxyl groups is 2. The first-order valence-corrected chi connectivity index (χ1v) is 12.7. The number of rotatable bonds is 12. The average molecular weight is 553 g/mol. The number of allylic oxidation sites excluding steroid dienone is 4. The molecule has 12 nitrogen and oxygen atoms in total. The van der Waals surface area contributed by atoms with Crippen LogP contribution in [0.1, 0.15) is 31.8 Å². The lowest BCUT2D eigenvalue weighted by Crippen LogP contribution is -2.28. The number of hydrogen-bond donors (Lipinski definition) is 8. The van der Waals surface area contributed by atoms with Gasteiger partial charge in [-0.2, -0.15) is 0 Å². The summed E-state index contributed by atoms with van der Waals surface area (Å²) >= 11 is 0. The Morgan fingerprint density at radius 3 is 1.23 bits per heavy atom. The second-order valence-corrected chi connectivity index (χ2v) is 8.69. The van der Waals surface area contributed by atoms with E-state index in [1.165, 1.54) is 36.4 Å². The molecule has 0 heterocycles. The average Bonchev–Trinajstić information content (AvgIpc) is 2.94. The van der Waals surface area contributed by atoms with Gasteiger partial charge < -0.3 is 41.7 Å². The van der Waals surface area contributed by atoms with E-state index >= 15 is 0 Å². The zero-order chi connectivity index (χ0) is 29.1. The van der Waals surface area contributed by atoms with E-state index in [0.29, 0.717) is 50.6 Å². The van der Waals surface area contributed by atoms with Gasteiger partial charge >= 0.3 is 0 Å². The van der Waals surface area contributed by atoms with Crippen molar-refractivity contribution in [2.24, 2.45) is 0 Å². The third-order valence-electron chi connectivity index (χ3n) is 5.91. The van der Waals surface area contributed by atoms with E-state index in [-0.39, 0.29) is 58.5 Å². The lowest BCUT2D eigenvalue weighted by molar-refractivity contribution is -0.113. The van der Waals surface area contributed by atoms with Crippen molar-refractivity contribution in [3.05, 3.63) is 70.8 Å². The molecule has 2 aromatic carbocycles. The number of fused-ring (bicyclic) bond motifs is 2. The number of carbonyl (C=O) groups is 4. The van der Waals surface area contributed by atoms with Crippen LogP contribution in [0.5, 0.6) is 11.5 Å². The summed E-state index contributed by atoms with van der Waals surface area (Å²) in [6.45, 7) is 2.81. The Kier molecular flexibility index (Phi) is 11.1. The van der Waals surface area contributed by atoms with Crippen LogP contribution in [0.2, 0.25) is 0 Å². The highest BCUT2D eigenvalue weighted by Gasteiger charge is 2.37. The number of carbonyl (C=O) groups excluding carboxylic acids is 4. The molecule has 2 aliphatic rings. The third-order valence-corrected chi connectivity index (χ3v) is 5.91. The number of nitrogens with one attached hydrogen (secondary N) is 4. The van der Waals surface area contributed by atoms with Crippen molar-refractivity contribution < 1.29 is 39.6 Å². The minimum Gasteiger partial charge on any atom is -0.507 e. The van der Waals surface area contributed by atoms with Crippen molar-refractivity contribution in [1.29, 1.82) is 0 Å². The monoisotopic (exact) mass is 552 g/mol. The Morgan fingerprint density at radius 2 is 0.875 bits per heavy atom. The van der Waals surface area contributed by atoms with Crippen LogP contribution in [0.4, 0.5) is 11.4 Å². The van der Waals surface area contributed by atoms with Crippen molar-refractivity contribution >= 4 is 34.5 Å². The second kappa shape index (κ2) is 14.7. The van der Waals surface area contributed by atoms with Crippen LogP contribution < -0.4 is 21.3 Å². The number of ketones is 4. The molecule has 40 heavy (non-hydrogen) atoms. The number of phenolic OH excluding ortho intramolecular Hbond substituents is 2. The number of phenols is 2. The zero-order valence-electron chi connectivity index (χ0n) is 21.7. The summed E-state index contributed by atoms with van der Waals surface area (Å²) in [5.74, 6) is -2.10. The van der Waals surface area contributed by atoms with Crippen molar-refractivity contribution in [1.82, 2.24) is 10.6 Å². The summed E-state index contributed by atoms with van der Waals surface area (Å²) in [6, 6.07) is 5.74. The van der Waals surface area contributed by atoms with Gasteiger partial charge in [-0.1, -0.05) is 0 Å². The predicted octanol–water partition coefficient (Wildman–Crippen LogP) is 0.111. The number of hydrogen-bond acceptors (Lipinski definition) is 12. The third kappa shape index (κ3) is 7.39. The van der Waals surface area contributed by atoms with Crippen molar-refractivity contribution in [2.45, 2.75) is 0 Å². The highest BCUT2D eigenvalue weighted by molar-refractivity contribution is 6.33. The van der Waals surface area contributed by atoms with E-state index in [4.69, 9.17) is 10.2 Å². The summed E-state index contributed by atoms with van der Waals surface area (Å²) in [5, 5.41) is 50.6. The Morgan fingerprint density at radius 1 is 0.500 bits per heavy atom. The number of anilines is 2. The van der Waals surface area contributed by atoms with Gasteiger partial charge in [0.1, 0.15) is 11.5 Å². The van der Waals surface area contributed by atoms with Crippen LogP contribution in [0, 0.1) is 0 Å². The molecule has 0 amide bonds. The molecule has 0 aromatic heterocycles. The Balaban J connectivity index is 0.000000472. The molecule has 2 aromatic rings. The van der Waals surface area contributed by atoms with Crippen molar-refractivity contribution in [3.8, 4) is 11.5 Å². The van der Waals surface area contributed by atoms with Crippen molar-refractivity contribution in [3.63, 3.8) is 0 Å². The van der Waals surface area contributed by atoms with Gasteiger partial charge in [-0.3, -0.25) is 19.2 Å². The number of benzene rings is 2. The standard InChI is InChI=1S/C22H28N4O6.C6H4O2/c27-11-9-23-5-7-25-13-1-2-14(26-8-6-24-10-12-28)18-17(13)21(31)19-15(29)3-4-16(30)20(19)22(18)32;7-5-1-2-6(8)4-3-5/h1-4,23-30H,5-12H2;1-4H. The highest BCUT2D eigenvalue weighted by Crippen LogP contribution is 2.42. The molecule has 212 valence electrons. The molecule has 0 spiro atoms. The van der Waals surface area contributed by atoms with Gasteiger partial charge in [0.15, 0.2) is 11.6 Å².